The summed E-state index contributed by atoms with van der Waals surface area (Å²) in [4.78, 5) is 11.7. The maximum atomic E-state index is 11.7. The van der Waals surface area contributed by atoms with Gasteiger partial charge in [-0.1, -0.05) is 44.2 Å². The quantitative estimate of drug-likeness (QED) is 0.892. The standard InChI is InChI=1S/C14H19N3O2/c1-10(2)8-12(15)13-16-17(14(18)19-13)9-11-6-4-3-5-7-11/h3-7,10,12H,8-9,15H2,1-2H3. The Morgan fingerprint density at radius 1 is 1.32 bits per heavy atom. The van der Waals surface area contributed by atoms with Crippen LogP contribution in [0.2, 0.25) is 0 Å². The molecule has 5 heteroatoms. The van der Waals surface area contributed by atoms with Gasteiger partial charge in [-0.25, -0.2) is 4.79 Å². The van der Waals surface area contributed by atoms with Crippen LogP contribution in [0, 0.1) is 5.92 Å². The predicted molar refractivity (Wildman–Crippen MR) is 72.7 cm³/mol. The van der Waals surface area contributed by atoms with Gasteiger partial charge in [0, 0.05) is 0 Å². The Kier molecular flexibility index (Phi) is 4.16. The predicted octanol–water partition coefficient (Wildman–Crippen LogP) is 1.93. The average molecular weight is 261 g/mol. The van der Waals surface area contributed by atoms with E-state index in [1.54, 1.807) is 0 Å². The molecule has 19 heavy (non-hydrogen) atoms. The van der Waals surface area contributed by atoms with Crippen molar-refractivity contribution >= 4 is 0 Å². The minimum absolute atomic E-state index is 0.314. The molecular formula is C14H19N3O2. The van der Waals surface area contributed by atoms with Gasteiger partial charge in [-0.05, 0) is 17.9 Å². The maximum Gasteiger partial charge on any atom is 0.437 e. The van der Waals surface area contributed by atoms with E-state index >= 15 is 0 Å². The van der Waals surface area contributed by atoms with Crippen molar-refractivity contribution in [3.05, 3.63) is 52.3 Å². The summed E-state index contributed by atoms with van der Waals surface area (Å²) < 4.78 is 6.43. The molecule has 1 heterocycles. The molecule has 1 unspecified atom stereocenters. The second kappa shape index (κ2) is 5.84. The zero-order valence-corrected chi connectivity index (χ0v) is 11.2. The Morgan fingerprint density at radius 3 is 2.63 bits per heavy atom. The summed E-state index contributed by atoms with van der Waals surface area (Å²) in [6.45, 7) is 4.54. The second-order valence-corrected chi connectivity index (χ2v) is 5.09. The van der Waals surface area contributed by atoms with Gasteiger partial charge in [0.2, 0.25) is 5.89 Å². The van der Waals surface area contributed by atoms with Crippen molar-refractivity contribution in [2.24, 2.45) is 11.7 Å². The van der Waals surface area contributed by atoms with Crippen LogP contribution in [0.1, 0.15) is 37.8 Å². The molecule has 2 aromatic rings. The molecule has 0 aliphatic heterocycles. The van der Waals surface area contributed by atoms with Crippen molar-refractivity contribution < 1.29 is 4.42 Å². The van der Waals surface area contributed by atoms with E-state index in [2.05, 4.69) is 18.9 Å². The fraction of sp³-hybridized carbons (Fsp3) is 0.429. The van der Waals surface area contributed by atoms with E-state index in [-0.39, 0.29) is 6.04 Å². The number of aromatic nitrogens is 2. The average Bonchev–Trinajstić information content (AvgIpc) is 2.72. The highest BCUT2D eigenvalue weighted by molar-refractivity contribution is 5.14. The number of nitrogens with two attached hydrogens (primary N) is 1. The second-order valence-electron chi connectivity index (χ2n) is 5.09. The van der Waals surface area contributed by atoms with Gasteiger partial charge in [-0.2, -0.15) is 4.68 Å². The van der Waals surface area contributed by atoms with Crippen LogP contribution in [0.3, 0.4) is 0 Å². The molecule has 0 bridgehead atoms. The molecule has 0 amide bonds. The van der Waals surface area contributed by atoms with Crippen LogP contribution in [0.5, 0.6) is 0 Å². The lowest BCUT2D eigenvalue weighted by molar-refractivity contribution is 0.386. The fourth-order valence-corrected chi connectivity index (χ4v) is 1.94. The first-order valence-corrected chi connectivity index (χ1v) is 6.43. The van der Waals surface area contributed by atoms with E-state index in [1.807, 2.05) is 30.3 Å². The summed E-state index contributed by atoms with van der Waals surface area (Å²) in [5.41, 5.74) is 6.96. The molecule has 0 spiro atoms. The highest BCUT2D eigenvalue weighted by Gasteiger charge is 2.16. The first-order valence-electron chi connectivity index (χ1n) is 6.43. The molecule has 0 saturated carbocycles. The Morgan fingerprint density at radius 2 is 2.00 bits per heavy atom. The normalized spacial score (nSPS) is 12.8. The Hall–Kier alpha value is -1.88. The van der Waals surface area contributed by atoms with Gasteiger partial charge >= 0.3 is 5.76 Å². The van der Waals surface area contributed by atoms with Gasteiger partial charge in [-0.3, -0.25) is 0 Å². The minimum Gasteiger partial charge on any atom is -0.391 e. The number of nitrogens with zero attached hydrogens (tertiary/aromatic N) is 2. The maximum absolute atomic E-state index is 11.7. The molecule has 1 aromatic heterocycles. The third-order valence-electron chi connectivity index (χ3n) is 2.84. The van der Waals surface area contributed by atoms with Crippen LogP contribution in [0.4, 0.5) is 0 Å². The first-order chi connectivity index (χ1) is 9.06. The van der Waals surface area contributed by atoms with Gasteiger partial charge < -0.3 is 10.2 Å². The van der Waals surface area contributed by atoms with E-state index in [4.69, 9.17) is 10.2 Å². The largest absolute Gasteiger partial charge is 0.437 e. The Labute approximate surface area is 112 Å². The van der Waals surface area contributed by atoms with E-state index in [0.717, 1.165) is 12.0 Å². The molecule has 1 atom stereocenters. The summed E-state index contributed by atoms with van der Waals surface area (Å²) in [6.07, 6.45) is 0.741. The van der Waals surface area contributed by atoms with Crippen LogP contribution in [-0.2, 0) is 6.54 Å². The van der Waals surface area contributed by atoms with Crippen LogP contribution in [-0.4, -0.2) is 9.78 Å². The highest BCUT2D eigenvalue weighted by atomic mass is 16.4. The number of hydrogen-bond donors (Lipinski definition) is 1. The van der Waals surface area contributed by atoms with E-state index in [9.17, 15) is 4.79 Å². The van der Waals surface area contributed by atoms with Crippen molar-refractivity contribution in [2.75, 3.05) is 0 Å². The summed E-state index contributed by atoms with van der Waals surface area (Å²) in [5, 5.41) is 4.17. The molecule has 0 aliphatic rings. The molecule has 1 aromatic carbocycles. The Balaban J connectivity index is 2.15. The summed E-state index contributed by atoms with van der Waals surface area (Å²) >= 11 is 0. The topological polar surface area (TPSA) is 74.0 Å². The lowest BCUT2D eigenvalue weighted by Crippen LogP contribution is -2.17. The summed E-state index contributed by atoms with van der Waals surface area (Å²) in [7, 11) is 0. The minimum atomic E-state index is -0.460. The van der Waals surface area contributed by atoms with Gasteiger partial charge in [0.1, 0.15) is 0 Å². The van der Waals surface area contributed by atoms with Gasteiger partial charge in [-0.15, -0.1) is 5.10 Å². The van der Waals surface area contributed by atoms with Crippen LogP contribution in [0.25, 0.3) is 0 Å². The third-order valence-corrected chi connectivity index (χ3v) is 2.84. The third kappa shape index (κ3) is 3.54. The van der Waals surface area contributed by atoms with Crippen molar-refractivity contribution in [3.63, 3.8) is 0 Å². The zero-order valence-electron chi connectivity index (χ0n) is 11.2. The van der Waals surface area contributed by atoms with E-state index in [1.165, 1.54) is 4.68 Å². The van der Waals surface area contributed by atoms with Crippen molar-refractivity contribution in [1.82, 2.24) is 9.78 Å². The molecule has 5 nitrogen and oxygen atoms in total. The Bertz CT molecular complexity index is 572. The lowest BCUT2D eigenvalue weighted by Gasteiger charge is -2.08. The lowest BCUT2D eigenvalue weighted by atomic mass is 10.1. The highest BCUT2D eigenvalue weighted by Crippen LogP contribution is 2.15. The molecule has 2 N–H and O–H groups in total. The van der Waals surface area contributed by atoms with E-state index in [0.29, 0.717) is 18.4 Å². The van der Waals surface area contributed by atoms with Crippen molar-refractivity contribution in [2.45, 2.75) is 32.9 Å². The molecule has 0 radical (unpaired) electrons. The molecule has 102 valence electrons. The smallest absolute Gasteiger partial charge is 0.391 e. The monoisotopic (exact) mass is 261 g/mol. The zero-order chi connectivity index (χ0) is 13.8. The summed E-state index contributed by atoms with van der Waals surface area (Å²) in [6, 6.07) is 9.32. The van der Waals surface area contributed by atoms with Crippen LogP contribution < -0.4 is 11.5 Å². The van der Waals surface area contributed by atoms with Crippen LogP contribution >= 0.6 is 0 Å². The molecule has 2 rings (SSSR count). The summed E-state index contributed by atoms with van der Waals surface area (Å²) in [5.74, 6) is 0.285. The van der Waals surface area contributed by atoms with Crippen LogP contribution in [0.15, 0.2) is 39.5 Å². The molecular weight excluding hydrogens is 242 g/mol. The van der Waals surface area contributed by atoms with Crippen molar-refractivity contribution in [1.29, 1.82) is 0 Å². The fourth-order valence-electron chi connectivity index (χ4n) is 1.94. The van der Waals surface area contributed by atoms with Gasteiger partial charge in [0.15, 0.2) is 0 Å². The number of hydrogen-bond acceptors (Lipinski definition) is 4. The first kappa shape index (κ1) is 13.5. The SMILES string of the molecule is CC(C)CC(N)c1nn(Cc2ccccc2)c(=O)o1. The van der Waals surface area contributed by atoms with Gasteiger partial charge in [0.05, 0.1) is 12.6 Å². The number of benzene rings is 1. The molecule has 0 aliphatic carbocycles. The molecule has 0 fully saturated rings. The van der Waals surface area contributed by atoms with E-state index < -0.39 is 5.76 Å². The van der Waals surface area contributed by atoms with Crippen molar-refractivity contribution in [3.8, 4) is 0 Å². The number of rotatable bonds is 5. The van der Waals surface area contributed by atoms with Gasteiger partial charge in [0.25, 0.3) is 0 Å². The molecule has 0 saturated heterocycles.